The molecule has 0 radical (unpaired) electrons. The monoisotopic (exact) mass is 711 g/mol. The molecule has 1 atom stereocenters. The van der Waals surface area contributed by atoms with E-state index in [1.165, 1.54) is 77.7 Å². The summed E-state index contributed by atoms with van der Waals surface area (Å²) < 4.78 is 2.38. The lowest BCUT2D eigenvalue weighted by Gasteiger charge is -2.29. The van der Waals surface area contributed by atoms with Crippen molar-refractivity contribution in [3.63, 3.8) is 0 Å². The molecule has 3 aliphatic rings. The van der Waals surface area contributed by atoms with Crippen molar-refractivity contribution in [3.05, 3.63) is 192 Å². The minimum atomic E-state index is -0.0508. The summed E-state index contributed by atoms with van der Waals surface area (Å²) in [5.74, 6) is 0.561. The molecule has 1 unspecified atom stereocenters. The number of benzene rings is 6. The summed E-state index contributed by atoms with van der Waals surface area (Å²) in [5, 5.41) is 2.53. The van der Waals surface area contributed by atoms with E-state index in [1.807, 2.05) is 0 Å². The molecular weight excluding hydrogens is 667 g/mol. The first kappa shape index (κ1) is 33.3. The van der Waals surface area contributed by atoms with E-state index in [0.717, 1.165) is 24.3 Å². The largest absolute Gasteiger partial charge is 0.376 e. The normalized spacial score (nSPS) is 17.1. The summed E-state index contributed by atoms with van der Waals surface area (Å²) in [5.41, 5.74) is 17.7. The van der Waals surface area contributed by atoms with E-state index >= 15 is 0 Å². The quantitative estimate of drug-likeness (QED) is 0.170. The van der Waals surface area contributed by atoms with Gasteiger partial charge in [0.2, 0.25) is 0 Å². The van der Waals surface area contributed by atoms with Crippen LogP contribution in [0.25, 0.3) is 49.8 Å². The maximum absolute atomic E-state index is 2.45. The van der Waals surface area contributed by atoms with Gasteiger partial charge in [0, 0.05) is 58.7 Å². The Morgan fingerprint density at radius 1 is 0.636 bits per heavy atom. The van der Waals surface area contributed by atoms with Crippen LogP contribution in [0, 0.1) is 5.92 Å². The molecule has 0 N–H and O–H groups in total. The first-order chi connectivity index (χ1) is 26.8. The van der Waals surface area contributed by atoms with Gasteiger partial charge in [0.05, 0.1) is 11.0 Å². The average Bonchev–Trinajstić information content (AvgIpc) is 3.66. The molecule has 1 aliphatic heterocycles. The van der Waals surface area contributed by atoms with E-state index in [4.69, 9.17) is 0 Å². The van der Waals surface area contributed by atoms with Gasteiger partial charge in [-0.15, -0.1) is 0 Å². The maximum atomic E-state index is 2.45. The van der Waals surface area contributed by atoms with E-state index in [-0.39, 0.29) is 5.41 Å². The third-order valence-electron chi connectivity index (χ3n) is 12.0. The smallest absolute Gasteiger partial charge is 0.0541 e. The van der Waals surface area contributed by atoms with Crippen molar-refractivity contribution in [1.82, 2.24) is 9.47 Å². The number of fused-ring (bicyclic) bond motifs is 5. The first-order valence-corrected chi connectivity index (χ1v) is 19.6. The highest BCUT2D eigenvalue weighted by Gasteiger charge is 2.38. The first-order valence-electron chi connectivity index (χ1n) is 19.6. The van der Waals surface area contributed by atoms with Gasteiger partial charge in [-0.05, 0) is 124 Å². The molecule has 3 nitrogen and oxygen atoms in total. The zero-order valence-corrected chi connectivity index (χ0v) is 32.0. The number of allylic oxidation sites excluding steroid dienone is 6. The van der Waals surface area contributed by atoms with Crippen LogP contribution in [0.3, 0.4) is 0 Å². The minimum absolute atomic E-state index is 0.0508. The fourth-order valence-electron chi connectivity index (χ4n) is 9.21. The predicted molar refractivity (Wildman–Crippen MR) is 234 cm³/mol. The average molecular weight is 712 g/mol. The fraction of sp³-hybridized carbons (Fsp3) is 0.154. The van der Waals surface area contributed by atoms with E-state index in [2.05, 4.69) is 212 Å². The molecule has 0 saturated heterocycles. The Labute approximate surface area is 324 Å². The van der Waals surface area contributed by atoms with Crippen molar-refractivity contribution in [2.75, 3.05) is 18.5 Å². The Morgan fingerprint density at radius 2 is 1.31 bits per heavy atom. The van der Waals surface area contributed by atoms with E-state index in [9.17, 15) is 0 Å². The number of anilines is 3. The zero-order chi connectivity index (χ0) is 37.3. The molecule has 3 heteroatoms. The molecule has 0 fully saturated rings. The van der Waals surface area contributed by atoms with Crippen molar-refractivity contribution in [1.29, 1.82) is 0 Å². The van der Waals surface area contributed by atoms with E-state index in [0.29, 0.717) is 5.92 Å². The van der Waals surface area contributed by atoms with Crippen LogP contribution in [-0.4, -0.2) is 23.1 Å². The predicted octanol–water partition coefficient (Wildman–Crippen LogP) is 13.4. The molecule has 2 aliphatic carbocycles. The highest BCUT2D eigenvalue weighted by atomic mass is 15.1. The molecule has 55 heavy (non-hydrogen) atoms. The van der Waals surface area contributed by atoms with E-state index < -0.39 is 0 Å². The zero-order valence-electron chi connectivity index (χ0n) is 32.0. The Morgan fingerprint density at radius 3 is 2.07 bits per heavy atom. The molecular formula is C52H45N3. The highest BCUT2D eigenvalue weighted by molar-refractivity contribution is 6.10. The van der Waals surface area contributed by atoms with Crippen molar-refractivity contribution < 1.29 is 0 Å². The number of rotatable bonds is 6. The van der Waals surface area contributed by atoms with Crippen LogP contribution in [0.5, 0.6) is 0 Å². The molecule has 0 saturated carbocycles. The number of aromatic nitrogens is 1. The van der Waals surface area contributed by atoms with Crippen LogP contribution >= 0.6 is 0 Å². The maximum Gasteiger partial charge on any atom is 0.0541 e. The molecule has 10 rings (SSSR count). The second-order valence-corrected chi connectivity index (χ2v) is 16.1. The van der Waals surface area contributed by atoms with Crippen LogP contribution in [0.15, 0.2) is 176 Å². The molecule has 268 valence electrons. The van der Waals surface area contributed by atoms with Crippen molar-refractivity contribution >= 4 is 50.0 Å². The van der Waals surface area contributed by atoms with Gasteiger partial charge in [0.1, 0.15) is 0 Å². The van der Waals surface area contributed by atoms with Gasteiger partial charge in [-0.25, -0.2) is 0 Å². The number of nitrogens with zero attached hydrogens (tertiary/aromatic N) is 3. The highest BCUT2D eigenvalue weighted by Crippen LogP contribution is 2.52. The standard InChI is InChI=1S/C52H45N3/c1-35-16-28-48-46(31-35)44-27-26-43(33-49(44)52(48,2)3)54(42-24-19-37(20-25-42)39-11-10-30-53(4)34-39)41-22-17-36(18-23-41)38-21-29-51-47(32-38)45-14-8-9-15-50(45)55(51)40-12-6-5-7-13-40/h5-29,32-35H,30-31H2,1-4H3. The number of hydrogen-bond acceptors (Lipinski definition) is 2. The Balaban J connectivity index is 1.06. The van der Waals surface area contributed by atoms with Crippen LogP contribution in [0.2, 0.25) is 0 Å². The Hall–Kier alpha value is -6.32. The van der Waals surface area contributed by atoms with Gasteiger partial charge in [-0.1, -0.05) is 118 Å². The number of para-hydroxylation sites is 2. The summed E-state index contributed by atoms with van der Waals surface area (Å²) in [6, 6.07) is 51.7. The molecule has 0 bridgehead atoms. The second kappa shape index (κ2) is 12.9. The number of hydrogen-bond donors (Lipinski definition) is 0. The summed E-state index contributed by atoms with van der Waals surface area (Å²) in [7, 11) is 2.13. The third kappa shape index (κ3) is 5.57. The van der Waals surface area contributed by atoms with Gasteiger partial charge < -0.3 is 14.4 Å². The topological polar surface area (TPSA) is 11.4 Å². The molecule has 6 aromatic carbocycles. The Kier molecular flexibility index (Phi) is 7.81. The van der Waals surface area contributed by atoms with Gasteiger partial charge >= 0.3 is 0 Å². The SMILES string of the molecule is CC1C=CC2=C(C1)c1ccc(N(c3ccc(C4=CN(C)CC=C4)cc3)c3ccc(-c4ccc5c(c4)c4ccccc4n5-c4ccccc4)cc3)cc1C2(C)C. The van der Waals surface area contributed by atoms with Gasteiger partial charge in [0.25, 0.3) is 0 Å². The summed E-state index contributed by atoms with van der Waals surface area (Å²) in [6.45, 7) is 8.05. The minimum Gasteiger partial charge on any atom is -0.376 e. The lowest BCUT2D eigenvalue weighted by molar-refractivity contribution is 0.507. The second-order valence-electron chi connectivity index (χ2n) is 16.1. The molecule has 1 aromatic heterocycles. The van der Waals surface area contributed by atoms with Gasteiger partial charge in [-0.3, -0.25) is 0 Å². The molecule has 7 aromatic rings. The summed E-state index contributed by atoms with van der Waals surface area (Å²) >= 11 is 0. The van der Waals surface area contributed by atoms with Crippen LogP contribution < -0.4 is 4.90 Å². The van der Waals surface area contributed by atoms with Crippen molar-refractivity contribution in [2.24, 2.45) is 5.92 Å². The fourth-order valence-corrected chi connectivity index (χ4v) is 9.21. The van der Waals surface area contributed by atoms with Gasteiger partial charge in [0.15, 0.2) is 0 Å². The lowest BCUT2D eigenvalue weighted by atomic mass is 9.79. The van der Waals surface area contributed by atoms with Crippen LogP contribution in [0.1, 0.15) is 43.9 Å². The summed E-state index contributed by atoms with van der Waals surface area (Å²) in [4.78, 5) is 4.65. The Bertz CT molecular complexity index is 2740. The number of likely N-dealkylation sites (N-methyl/N-ethyl adjacent to an activating group) is 1. The molecule has 0 spiro atoms. The van der Waals surface area contributed by atoms with Gasteiger partial charge in [-0.2, -0.15) is 0 Å². The van der Waals surface area contributed by atoms with Crippen LogP contribution in [0.4, 0.5) is 17.1 Å². The van der Waals surface area contributed by atoms with Crippen molar-refractivity contribution in [3.8, 4) is 16.8 Å². The molecule has 0 amide bonds. The van der Waals surface area contributed by atoms with Crippen LogP contribution in [-0.2, 0) is 5.41 Å². The van der Waals surface area contributed by atoms with E-state index in [1.54, 1.807) is 0 Å². The van der Waals surface area contributed by atoms with Crippen molar-refractivity contribution in [2.45, 2.75) is 32.6 Å². The lowest BCUT2D eigenvalue weighted by Crippen LogP contribution is -2.18. The molecule has 2 heterocycles. The summed E-state index contributed by atoms with van der Waals surface area (Å²) in [6.07, 6.45) is 12.6. The third-order valence-corrected chi connectivity index (χ3v) is 12.0.